The fourth-order valence-electron chi connectivity index (χ4n) is 3.51. The molecule has 3 rings (SSSR count). The first kappa shape index (κ1) is 22.2. The number of halogens is 2. The molecule has 1 atom stereocenters. The second kappa shape index (κ2) is 7.97. The van der Waals surface area contributed by atoms with Crippen LogP contribution in [0.1, 0.15) is 55.2 Å². The summed E-state index contributed by atoms with van der Waals surface area (Å²) in [7, 11) is 0. The quantitative estimate of drug-likeness (QED) is 0.492. The Morgan fingerprint density at radius 1 is 1.07 bits per heavy atom. The Kier molecular flexibility index (Phi) is 5.89. The topological polar surface area (TPSA) is 68.5 Å². The molecule has 0 fully saturated rings. The smallest absolute Gasteiger partial charge is 0.313 e. The van der Waals surface area contributed by atoms with Gasteiger partial charge in [-0.3, -0.25) is 14.2 Å². The van der Waals surface area contributed by atoms with E-state index < -0.39 is 17.5 Å². The van der Waals surface area contributed by atoms with Crippen molar-refractivity contribution < 1.29 is 19.4 Å². The van der Waals surface area contributed by atoms with Crippen molar-refractivity contribution in [1.82, 2.24) is 4.57 Å². The Hall–Kier alpha value is -2.50. The number of aromatic nitrogens is 1. The van der Waals surface area contributed by atoms with Crippen LogP contribution >= 0.6 is 23.2 Å². The van der Waals surface area contributed by atoms with E-state index in [9.17, 15) is 14.7 Å². The molecule has 3 aromatic rings. The lowest BCUT2D eigenvalue weighted by molar-refractivity contribution is -0.156. The number of nitrogens with zero attached hydrogens (tertiary/aromatic N) is 1. The van der Waals surface area contributed by atoms with E-state index in [1.54, 1.807) is 58.9 Å². The number of benzene rings is 2. The molecule has 30 heavy (non-hydrogen) atoms. The summed E-state index contributed by atoms with van der Waals surface area (Å²) in [5, 5.41) is 11.3. The molecular weight excluding hydrogens is 425 g/mol. The number of aromatic hydroxyl groups is 1. The summed E-state index contributed by atoms with van der Waals surface area (Å²) >= 11 is 12.1. The van der Waals surface area contributed by atoms with Gasteiger partial charge < -0.3 is 9.84 Å². The molecule has 1 aromatic heterocycles. The van der Waals surface area contributed by atoms with E-state index in [1.165, 1.54) is 16.7 Å². The van der Waals surface area contributed by atoms with Gasteiger partial charge in [-0.15, -0.1) is 0 Å². The number of carbonyl (C=O) groups excluding carboxylic acids is 2. The monoisotopic (exact) mass is 447 g/mol. The summed E-state index contributed by atoms with van der Waals surface area (Å²) < 4.78 is 7.06. The minimum absolute atomic E-state index is 0.0410. The molecule has 2 aromatic carbocycles. The summed E-state index contributed by atoms with van der Waals surface area (Å²) in [6, 6.07) is 9.38. The van der Waals surface area contributed by atoms with Crippen LogP contribution in [0.3, 0.4) is 0 Å². The lowest BCUT2D eigenvalue weighted by Gasteiger charge is -2.22. The van der Waals surface area contributed by atoms with E-state index in [0.29, 0.717) is 32.7 Å². The largest absolute Gasteiger partial charge is 0.508 e. The molecule has 0 spiro atoms. The van der Waals surface area contributed by atoms with E-state index in [4.69, 9.17) is 27.9 Å². The predicted octanol–water partition coefficient (Wildman–Crippen LogP) is 6.10. The molecule has 0 amide bonds. The van der Waals surface area contributed by atoms with E-state index in [2.05, 4.69) is 0 Å². The van der Waals surface area contributed by atoms with E-state index in [0.717, 1.165) is 0 Å². The maximum absolute atomic E-state index is 13.3. The normalized spacial score (nSPS) is 12.8. The molecule has 0 radical (unpaired) electrons. The van der Waals surface area contributed by atoms with Crippen molar-refractivity contribution >= 4 is 46.0 Å². The van der Waals surface area contributed by atoms with Gasteiger partial charge in [0.05, 0.1) is 21.5 Å². The summed E-state index contributed by atoms with van der Waals surface area (Å²) in [6.45, 7) is 8.89. The van der Waals surface area contributed by atoms with Gasteiger partial charge in [0.2, 0.25) is 0 Å². The van der Waals surface area contributed by atoms with Crippen molar-refractivity contribution in [3.63, 3.8) is 0 Å². The molecule has 0 saturated carbocycles. The van der Waals surface area contributed by atoms with E-state index in [1.807, 2.05) is 0 Å². The van der Waals surface area contributed by atoms with Crippen LogP contribution in [-0.4, -0.2) is 27.2 Å². The molecule has 1 unspecified atom stereocenters. The first-order valence-electron chi connectivity index (χ1n) is 9.47. The third-order valence-electron chi connectivity index (χ3n) is 4.80. The Labute approximate surface area is 185 Å². The fraction of sp³-hybridized carbons (Fsp3) is 0.304. The van der Waals surface area contributed by atoms with Gasteiger partial charge in [0, 0.05) is 16.6 Å². The van der Waals surface area contributed by atoms with Gasteiger partial charge in [0.25, 0.3) is 5.91 Å². The number of phenolic OH excluding ortho intramolecular Hbond substituents is 1. The molecule has 1 N–H and O–H groups in total. The Balaban J connectivity index is 2.19. The summed E-state index contributed by atoms with van der Waals surface area (Å²) in [5.41, 5.74) is 1.50. The van der Waals surface area contributed by atoms with Crippen LogP contribution in [-0.2, 0) is 9.53 Å². The lowest BCUT2D eigenvalue weighted by Crippen LogP contribution is -2.27. The average molecular weight is 448 g/mol. The van der Waals surface area contributed by atoms with Crippen molar-refractivity contribution in [2.24, 2.45) is 0 Å². The summed E-state index contributed by atoms with van der Waals surface area (Å²) in [5.74, 6) is -1.32. The fourth-order valence-corrected chi connectivity index (χ4v) is 3.80. The van der Waals surface area contributed by atoms with Crippen molar-refractivity contribution in [3.8, 4) is 5.75 Å². The molecule has 158 valence electrons. The molecule has 0 saturated heterocycles. The molecule has 0 aliphatic carbocycles. The van der Waals surface area contributed by atoms with Crippen LogP contribution in [0, 0.1) is 6.92 Å². The van der Waals surface area contributed by atoms with Crippen LogP contribution in [0.5, 0.6) is 5.75 Å². The molecule has 0 bridgehead atoms. The third-order valence-corrected chi connectivity index (χ3v) is 5.54. The second-order valence-electron chi connectivity index (χ2n) is 8.23. The van der Waals surface area contributed by atoms with Crippen LogP contribution in [0.4, 0.5) is 0 Å². The molecule has 5 nitrogen and oxygen atoms in total. The third kappa shape index (κ3) is 4.18. The van der Waals surface area contributed by atoms with E-state index >= 15 is 0 Å². The van der Waals surface area contributed by atoms with Crippen LogP contribution in [0.15, 0.2) is 36.4 Å². The van der Waals surface area contributed by atoms with E-state index in [-0.39, 0.29) is 16.7 Å². The van der Waals surface area contributed by atoms with Gasteiger partial charge in [-0.2, -0.15) is 0 Å². The highest BCUT2D eigenvalue weighted by Crippen LogP contribution is 2.36. The number of esters is 1. The Morgan fingerprint density at radius 2 is 1.73 bits per heavy atom. The Morgan fingerprint density at radius 3 is 2.33 bits per heavy atom. The minimum Gasteiger partial charge on any atom is -0.508 e. The van der Waals surface area contributed by atoms with Crippen molar-refractivity contribution in [1.29, 1.82) is 0 Å². The molecule has 1 heterocycles. The lowest BCUT2D eigenvalue weighted by atomic mass is 9.97. The minimum atomic E-state index is -0.643. The Bertz CT molecular complexity index is 1160. The van der Waals surface area contributed by atoms with Gasteiger partial charge in [0.15, 0.2) is 0 Å². The average Bonchev–Trinajstić information content (AvgIpc) is 2.92. The number of rotatable bonds is 3. The van der Waals surface area contributed by atoms with Crippen LogP contribution in [0.2, 0.25) is 10.0 Å². The van der Waals surface area contributed by atoms with Gasteiger partial charge in [-0.1, -0.05) is 23.2 Å². The highest BCUT2D eigenvalue weighted by Gasteiger charge is 2.30. The number of phenols is 1. The predicted molar refractivity (Wildman–Crippen MR) is 119 cm³/mol. The van der Waals surface area contributed by atoms with Crippen molar-refractivity contribution in [2.75, 3.05) is 0 Å². The maximum Gasteiger partial charge on any atom is 0.313 e. The number of hydrogen-bond donors (Lipinski definition) is 1. The zero-order chi connectivity index (χ0) is 22.4. The zero-order valence-electron chi connectivity index (χ0n) is 17.4. The first-order valence-corrected chi connectivity index (χ1v) is 10.2. The molecule has 0 aliphatic rings. The summed E-state index contributed by atoms with van der Waals surface area (Å²) in [4.78, 5) is 26.1. The van der Waals surface area contributed by atoms with Gasteiger partial charge in [-0.05, 0) is 76.6 Å². The van der Waals surface area contributed by atoms with Crippen LogP contribution in [0.25, 0.3) is 10.9 Å². The SMILES string of the molecule is Cc1c(C(C)C(=O)OC(C)(C)C)c2cc(O)ccc2n1C(=O)c1ccc(Cl)c(Cl)c1. The number of fused-ring (bicyclic) bond motifs is 1. The number of ether oxygens (including phenoxy) is 1. The maximum atomic E-state index is 13.3. The molecule has 7 heteroatoms. The number of carbonyl (C=O) groups is 2. The van der Waals surface area contributed by atoms with Gasteiger partial charge >= 0.3 is 5.97 Å². The highest BCUT2D eigenvalue weighted by molar-refractivity contribution is 6.42. The van der Waals surface area contributed by atoms with Gasteiger partial charge in [-0.25, -0.2) is 0 Å². The van der Waals surface area contributed by atoms with Gasteiger partial charge in [0.1, 0.15) is 11.4 Å². The first-order chi connectivity index (χ1) is 13.9. The second-order valence-corrected chi connectivity index (χ2v) is 9.04. The summed E-state index contributed by atoms with van der Waals surface area (Å²) in [6.07, 6.45) is 0. The van der Waals surface area contributed by atoms with Crippen molar-refractivity contribution in [3.05, 3.63) is 63.3 Å². The van der Waals surface area contributed by atoms with Crippen LogP contribution < -0.4 is 0 Å². The molecule has 0 aliphatic heterocycles. The zero-order valence-corrected chi connectivity index (χ0v) is 18.9. The number of hydrogen-bond acceptors (Lipinski definition) is 4. The standard InChI is InChI=1S/C23H23Cl2NO4/c1-12(22(29)30-23(3,4)5)20-13(2)26(19-9-7-15(27)11-16(19)20)21(28)14-6-8-17(24)18(25)10-14/h6-12,27H,1-5H3. The highest BCUT2D eigenvalue weighted by atomic mass is 35.5. The van der Waals surface area contributed by atoms with Crippen molar-refractivity contribution in [2.45, 2.75) is 46.1 Å². The molecular formula is C23H23Cl2NO4.